The highest BCUT2D eigenvalue weighted by Crippen LogP contribution is 2.32. The average molecular weight is 532 g/mol. The summed E-state index contributed by atoms with van der Waals surface area (Å²) < 4.78 is 7.67. The maximum Gasteiger partial charge on any atom is 0.307 e. The molecular weight excluding hydrogens is 498 g/mol. The topological polar surface area (TPSA) is 57.9 Å². The van der Waals surface area contributed by atoms with Crippen molar-refractivity contribution in [1.29, 1.82) is 0 Å². The van der Waals surface area contributed by atoms with Gasteiger partial charge in [0.1, 0.15) is 5.75 Å². The molecular formula is C31H34ClN3O3. The maximum absolute atomic E-state index is 11.6. The number of aromatic nitrogens is 1. The minimum Gasteiger partial charge on any atom is -0.497 e. The van der Waals surface area contributed by atoms with E-state index in [-0.39, 0.29) is 12.5 Å². The summed E-state index contributed by atoms with van der Waals surface area (Å²) in [6.45, 7) is 7.64. The first-order valence-corrected chi connectivity index (χ1v) is 13.5. The molecule has 198 valence electrons. The van der Waals surface area contributed by atoms with Crippen LogP contribution < -0.4 is 4.74 Å². The van der Waals surface area contributed by atoms with Crippen LogP contribution in [-0.4, -0.2) is 65.3 Å². The van der Waals surface area contributed by atoms with Gasteiger partial charge < -0.3 is 14.4 Å². The van der Waals surface area contributed by atoms with Gasteiger partial charge in [-0.3, -0.25) is 14.6 Å². The van der Waals surface area contributed by atoms with E-state index in [1.807, 2.05) is 37.3 Å². The van der Waals surface area contributed by atoms with E-state index < -0.39 is 5.97 Å². The summed E-state index contributed by atoms with van der Waals surface area (Å²) in [4.78, 5) is 16.6. The first kappa shape index (κ1) is 26.3. The molecule has 0 spiro atoms. The van der Waals surface area contributed by atoms with Crippen molar-refractivity contribution in [2.75, 3.05) is 39.8 Å². The van der Waals surface area contributed by atoms with Gasteiger partial charge in [-0.1, -0.05) is 54.1 Å². The fourth-order valence-electron chi connectivity index (χ4n) is 5.70. The van der Waals surface area contributed by atoms with E-state index in [2.05, 4.69) is 56.8 Å². The molecule has 0 radical (unpaired) electrons. The molecule has 0 aliphatic carbocycles. The Morgan fingerprint density at radius 2 is 1.63 bits per heavy atom. The Morgan fingerprint density at radius 1 is 0.947 bits per heavy atom. The van der Waals surface area contributed by atoms with Crippen LogP contribution in [0.1, 0.15) is 28.4 Å². The van der Waals surface area contributed by atoms with Gasteiger partial charge in [-0.05, 0) is 53.9 Å². The van der Waals surface area contributed by atoms with Crippen molar-refractivity contribution in [3.63, 3.8) is 0 Å². The highest BCUT2D eigenvalue weighted by Gasteiger charge is 2.27. The lowest BCUT2D eigenvalue weighted by molar-refractivity contribution is -0.136. The van der Waals surface area contributed by atoms with Crippen molar-refractivity contribution in [1.82, 2.24) is 14.4 Å². The minimum atomic E-state index is -0.820. The van der Waals surface area contributed by atoms with E-state index in [9.17, 15) is 9.90 Å². The van der Waals surface area contributed by atoms with Crippen LogP contribution in [0.15, 0.2) is 72.8 Å². The van der Waals surface area contributed by atoms with E-state index >= 15 is 0 Å². The standard InChI is InChI=1S/C31H34ClN3O3/c1-22-27(21-30(36)37)28-20-26(38-2)12-13-29(28)35(22)19-16-33-14-17-34(18-15-33)31(23-6-4-3-5-7-23)24-8-10-25(32)11-9-24/h3-13,20,31H,14-19,21H2,1-2H3,(H,36,37). The van der Waals surface area contributed by atoms with E-state index in [0.717, 1.165) is 72.2 Å². The van der Waals surface area contributed by atoms with Crippen LogP contribution in [-0.2, 0) is 17.8 Å². The number of hydrogen-bond acceptors (Lipinski definition) is 4. The third kappa shape index (κ3) is 5.58. The number of rotatable bonds is 9. The molecule has 5 rings (SSSR count). The van der Waals surface area contributed by atoms with Gasteiger partial charge in [0.2, 0.25) is 0 Å². The minimum absolute atomic E-state index is 0.00669. The summed E-state index contributed by atoms with van der Waals surface area (Å²) in [5, 5.41) is 11.2. The lowest BCUT2D eigenvalue weighted by Crippen LogP contribution is -2.48. The lowest BCUT2D eigenvalue weighted by atomic mass is 9.96. The number of carboxylic acids is 1. The average Bonchev–Trinajstić information content (AvgIpc) is 3.19. The van der Waals surface area contributed by atoms with Crippen molar-refractivity contribution < 1.29 is 14.6 Å². The van der Waals surface area contributed by atoms with Gasteiger partial charge in [0.25, 0.3) is 0 Å². The van der Waals surface area contributed by atoms with E-state index in [0.29, 0.717) is 0 Å². The van der Waals surface area contributed by atoms with Crippen LogP contribution in [0.2, 0.25) is 5.02 Å². The van der Waals surface area contributed by atoms with E-state index in [4.69, 9.17) is 16.3 Å². The SMILES string of the molecule is COc1ccc2c(c1)c(CC(=O)O)c(C)n2CCN1CCN(C(c2ccccc2)c2ccc(Cl)cc2)CC1. The first-order valence-electron chi connectivity index (χ1n) is 13.1. The number of halogens is 1. The number of hydrogen-bond donors (Lipinski definition) is 1. The summed E-state index contributed by atoms with van der Waals surface area (Å²) >= 11 is 6.18. The molecule has 1 N–H and O–H groups in total. The predicted molar refractivity (Wildman–Crippen MR) is 152 cm³/mol. The van der Waals surface area contributed by atoms with Gasteiger partial charge in [0, 0.05) is 60.9 Å². The van der Waals surface area contributed by atoms with E-state index in [1.54, 1.807) is 7.11 Å². The monoisotopic (exact) mass is 531 g/mol. The lowest BCUT2D eigenvalue weighted by Gasteiger charge is -2.40. The third-order valence-corrected chi connectivity index (χ3v) is 7.95. The molecule has 0 saturated carbocycles. The molecule has 1 aromatic heterocycles. The number of piperazine rings is 1. The Bertz CT molecular complexity index is 1390. The number of ether oxygens (including phenoxy) is 1. The summed E-state index contributed by atoms with van der Waals surface area (Å²) in [7, 11) is 1.64. The Balaban J connectivity index is 1.30. The molecule has 6 nitrogen and oxygen atoms in total. The fourth-order valence-corrected chi connectivity index (χ4v) is 5.83. The zero-order valence-corrected chi connectivity index (χ0v) is 22.7. The molecule has 2 heterocycles. The van der Waals surface area contributed by atoms with Gasteiger partial charge in [0.15, 0.2) is 0 Å². The van der Waals surface area contributed by atoms with Gasteiger partial charge in [0.05, 0.1) is 19.6 Å². The van der Waals surface area contributed by atoms with Crippen molar-refractivity contribution in [3.8, 4) is 5.75 Å². The molecule has 4 aromatic rings. The number of nitrogens with zero attached hydrogens (tertiary/aromatic N) is 3. The van der Waals surface area contributed by atoms with Crippen molar-refractivity contribution >= 4 is 28.5 Å². The van der Waals surface area contributed by atoms with Gasteiger partial charge in [-0.15, -0.1) is 0 Å². The first-order chi connectivity index (χ1) is 18.4. The Hall–Kier alpha value is -3.32. The zero-order valence-electron chi connectivity index (χ0n) is 21.9. The highest BCUT2D eigenvalue weighted by molar-refractivity contribution is 6.30. The van der Waals surface area contributed by atoms with E-state index in [1.165, 1.54) is 11.1 Å². The summed E-state index contributed by atoms with van der Waals surface area (Å²) in [6.07, 6.45) is 0.00669. The molecule has 0 bridgehead atoms. The number of carboxylic acid groups (broad SMARTS) is 1. The summed E-state index contributed by atoms with van der Waals surface area (Å²) in [6, 6.07) is 25.0. The number of fused-ring (bicyclic) bond motifs is 1. The number of carbonyl (C=O) groups is 1. The maximum atomic E-state index is 11.6. The number of methoxy groups -OCH3 is 1. The number of benzene rings is 3. The molecule has 1 unspecified atom stereocenters. The molecule has 1 fully saturated rings. The molecule has 0 amide bonds. The molecule has 38 heavy (non-hydrogen) atoms. The van der Waals surface area contributed by atoms with Gasteiger partial charge in [-0.2, -0.15) is 0 Å². The smallest absolute Gasteiger partial charge is 0.307 e. The van der Waals surface area contributed by atoms with Crippen molar-refractivity contribution in [2.45, 2.75) is 25.9 Å². The molecule has 1 atom stereocenters. The Labute approximate surface area is 229 Å². The second-order valence-corrected chi connectivity index (χ2v) is 10.3. The Morgan fingerprint density at radius 3 is 2.29 bits per heavy atom. The summed E-state index contributed by atoms with van der Waals surface area (Å²) in [5.74, 6) is -0.0779. The zero-order chi connectivity index (χ0) is 26.6. The van der Waals surface area contributed by atoms with Crippen LogP contribution >= 0.6 is 11.6 Å². The second kappa shape index (κ2) is 11.6. The molecule has 7 heteroatoms. The molecule has 1 aliphatic rings. The summed E-state index contributed by atoms with van der Waals surface area (Å²) in [5.41, 5.74) is 5.49. The quantitative estimate of drug-likeness (QED) is 0.302. The van der Waals surface area contributed by atoms with Crippen molar-refractivity contribution in [2.24, 2.45) is 0 Å². The largest absolute Gasteiger partial charge is 0.497 e. The highest BCUT2D eigenvalue weighted by atomic mass is 35.5. The van der Waals surface area contributed by atoms with Gasteiger partial charge >= 0.3 is 5.97 Å². The molecule has 1 aliphatic heterocycles. The van der Waals surface area contributed by atoms with Crippen LogP contribution in [0.3, 0.4) is 0 Å². The normalized spacial score (nSPS) is 15.6. The second-order valence-electron chi connectivity index (χ2n) is 9.91. The molecule has 3 aromatic carbocycles. The number of aliphatic carboxylic acids is 1. The van der Waals surface area contributed by atoms with Gasteiger partial charge in [-0.25, -0.2) is 0 Å². The fraction of sp³-hybridized carbons (Fsp3) is 0.323. The third-order valence-electron chi connectivity index (χ3n) is 7.70. The van der Waals surface area contributed by atoms with Crippen LogP contribution in [0.25, 0.3) is 10.9 Å². The Kier molecular flexibility index (Phi) is 8.03. The predicted octanol–water partition coefficient (Wildman–Crippen LogP) is 5.65. The molecule has 1 saturated heterocycles. The van der Waals surface area contributed by atoms with Crippen molar-refractivity contribution in [3.05, 3.63) is 100 Å². The van der Waals surface area contributed by atoms with Crippen LogP contribution in [0.4, 0.5) is 0 Å². The van der Waals surface area contributed by atoms with Crippen LogP contribution in [0, 0.1) is 6.92 Å². The van der Waals surface area contributed by atoms with Crippen LogP contribution in [0.5, 0.6) is 5.75 Å².